The Morgan fingerprint density at radius 1 is 1.05 bits per heavy atom. The molecule has 1 saturated heterocycles. The first-order valence-corrected chi connectivity index (χ1v) is 15.9. The molecular formula is C26H29Cl2F3N8O4S. The van der Waals surface area contributed by atoms with E-state index in [2.05, 4.69) is 20.5 Å². The Balaban J connectivity index is 1.47. The van der Waals surface area contributed by atoms with E-state index in [-0.39, 0.29) is 30.7 Å². The second-order valence-corrected chi connectivity index (χ2v) is 13.1. The number of benzene rings is 2. The van der Waals surface area contributed by atoms with E-state index in [1.54, 1.807) is 28.6 Å². The van der Waals surface area contributed by atoms with E-state index >= 15 is 0 Å². The summed E-state index contributed by atoms with van der Waals surface area (Å²) >= 11 is 12.4. The van der Waals surface area contributed by atoms with E-state index in [9.17, 15) is 32.2 Å². The van der Waals surface area contributed by atoms with E-state index in [1.807, 2.05) is 0 Å². The molecule has 0 aliphatic carbocycles. The fourth-order valence-electron chi connectivity index (χ4n) is 4.67. The summed E-state index contributed by atoms with van der Waals surface area (Å²) in [7, 11) is -2.85. The SMILES string of the molecule is O=c1n(Cc2nc(NCCN3CCCCS3(O)O)n(-c3ccccc3Cl)n2)nc(-c2ccc(Cl)cc2)n1C[C@H](O)C(F)(F)F. The zero-order chi connectivity index (χ0) is 31.6. The molecule has 0 radical (unpaired) electrons. The first kappa shape index (κ1) is 32.3. The number of nitrogens with one attached hydrogen (secondary N) is 1. The van der Waals surface area contributed by atoms with Gasteiger partial charge in [-0.05, 0) is 49.2 Å². The van der Waals surface area contributed by atoms with Gasteiger partial charge in [0.2, 0.25) is 5.95 Å². The van der Waals surface area contributed by atoms with Crippen LogP contribution in [0.1, 0.15) is 18.7 Å². The number of aliphatic hydroxyl groups is 1. The van der Waals surface area contributed by atoms with Crippen molar-refractivity contribution in [2.24, 2.45) is 0 Å². The Hall–Kier alpha value is -3.12. The van der Waals surface area contributed by atoms with Crippen LogP contribution in [0.3, 0.4) is 0 Å². The minimum absolute atomic E-state index is 0.0838. The van der Waals surface area contributed by atoms with Crippen LogP contribution in [-0.4, -0.2) is 85.3 Å². The van der Waals surface area contributed by atoms with Crippen LogP contribution < -0.4 is 11.0 Å². The molecule has 238 valence electrons. The average Bonchev–Trinajstić information content (AvgIpc) is 3.50. The lowest BCUT2D eigenvalue weighted by atomic mass is 10.2. The molecule has 0 bridgehead atoms. The minimum atomic E-state index is -4.96. The third-order valence-electron chi connectivity index (χ3n) is 6.91. The van der Waals surface area contributed by atoms with Crippen LogP contribution in [0, 0.1) is 0 Å². The van der Waals surface area contributed by atoms with Gasteiger partial charge in [-0.3, -0.25) is 13.7 Å². The van der Waals surface area contributed by atoms with Gasteiger partial charge in [-0.2, -0.15) is 22.8 Å². The predicted octanol–water partition coefficient (Wildman–Crippen LogP) is 4.74. The van der Waals surface area contributed by atoms with Crippen LogP contribution in [0.2, 0.25) is 10.0 Å². The Morgan fingerprint density at radius 2 is 1.77 bits per heavy atom. The number of alkyl halides is 3. The van der Waals surface area contributed by atoms with E-state index in [0.717, 1.165) is 22.1 Å². The zero-order valence-electron chi connectivity index (χ0n) is 23.0. The number of rotatable bonds is 10. The van der Waals surface area contributed by atoms with Gasteiger partial charge in [-0.25, -0.2) is 13.8 Å². The molecule has 0 unspecified atom stereocenters. The molecule has 2 aromatic heterocycles. The number of hydrogen-bond donors (Lipinski definition) is 4. The lowest BCUT2D eigenvalue weighted by Gasteiger charge is -2.46. The Labute approximate surface area is 261 Å². The molecule has 3 heterocycles. The van der Waals surface area contributed by atoms with Gasteiger partial charge in [0, 0.05) is 30.2 Å². The lowest BCUT2D eigenvalue weighted by Crippen LogP contribution is -2.37. The molecule has 0 amide bonds. The molecule has 4 N–H and O–H groups in total. The fraction of sp³-hybridized carbons (Fsp3) is 0.385. The summed E-state index contributed by atoms with van der Waals surface area (Å²) in [6.45, 7) is -0.291. The summed E-state index contributed by atoms with van der Waals surface area (Å²) in [5.41, 5.74) is -0.150. The summed E-state index contributed by atoms with van der Waals surface area (Å²) in [5, 5.41) is 22.4. The number of para-hydroxylation sites is 1. The molecule has 5 rings (SSSR count). The van der Waals surface area contributed by atoms with Gasteiger partial charge >= 0.3 is 11.9 Å². The summed E-state index contributed by atoms with van der Waals surface area (Å²) in [4.78, 5) is 17.8. The van der Waals surface area contributed by atoms with Crippen LogP contribution in [-0.2, 0) is 13.1 Å². The summed E-state index contributed by atoms with van der Waals surface area (Å²) in [6.07, 6.45) is -6.19. The van der Waals surface area contributed by atoms with Crippen LogP contribution in [0.4, 0.5) is 19.1 Å². The molecule has 44 heavy (non-hydrogen) atoms. The largest absolute Gasteiger partial charge is 0.416 e. The number of anilines is 1. The predicted molar refractivity (Wildman–Crippen MR) is 161 cm³/mol. The molecule has 0 spiro atoms. The molecule has 1 aliphatic heterocycles. The third-order valence-corrected chi connectivity index (χ3v) is 9.52. The van der Waals surface area contributed by atoms with Gasteiger partial charge in [0.25, 0.3) is 0 Å². The number of nitrogens with zero attached hydrogens (tertiary/aromatic N) is 7. The highest BCUT2D eigenvalue weighted by molar-refractivity contribution is 8.22. The normalized spacial score (nSPS) is 17.0. The monoisotopic (exact) mass is 676 g/mol. The maximum Gasteiger partial charge on any atom is 0.416 e. The lowest BCUT2D eigenvalue weighted by molar-refractivity contribution is -0.207. The van der Waals surface area contributed by atoms with E-state index in [0.29, 0.717) is 40.1 Å². The molecule has 2 aromatic carbocycles. The van der Waals surface area contributed by atoms with Crippen molar-refractivity contribution in [2.45, 2.75) is 38.2 Å². The molecule has 1 atom stereocenters. The van der Waals surface area contributed by atoms with Crippen LogP contribution >= 0.6 is 34.0 Å². The van der Waals surface area contributed by atoms with Gasteiger partial charge in [0.1, 0.15) is 6.54 Å². The van der Waals surface area contributed by atoms with Crippen molar-refractivity contribution in [3.05, 3.63) is 74.9 Å². The second-order valence-electron chi connectivity index (χ2n) is 10.1. The van der Waals surface area contributed by atoms with E-state index < -0.39 is 35.3 Å². The van der Waals surface area contributed by atoms with Gasteiger partial charge in [-0.15, -0.1) is 21.0 Å². The highest BCUT2D eigenvalue weighted by Crippen LogP contribution is 2.46. The van der Waals surface area contributed by atoms with E-state index in [1.165, 1.54) is 28.9 Å². The van der Waals surface area contributed by atoms with Crippen molar-refractivity contribution in [3.8, 4) is 17.1 Å². The second kappa shape index (κ2) is 13.1. The number of aromatic nitrogens is 6. The first-order valence-electron chi connectivity index (χ1n) is 13.5. The first-order chi connectivity index (χ1) is 20.8. The van der Waals surface area contributed by atoms with Crippen LogP contribution in [0.15, 0.2) is 53.3 Å². The van der Waals surface area contributed by atoms with Crippen molar-refractivity contribution < 1.29 is 27.4 Å². The van der Waals surface area contributed by atoms with Gasteiger partial charge in [-0.1, -0.05) is 35.3 Å². The van der Waals surface area contributed by atoms with Gasteiger partial charge < -0.3 is 10.4 Å². The number of hydrogen-bond acceptors (Lipinski definition) is 9. The standard InChI is InChI=1S/C26H29Cl2F3N8O4S/c27-18-9-7-17(8-10-18)23-35-38(25(41)37(23)15-21(40)26(29,30)31)16-22-33-24(39(34-22)20-6-2-1-5-19(20)28)32-11-13-36-12-3-4-14-44(36,42)43/h1-2,5-10,21,40,42-43H,3-4,11-16H2,(H,32,33,34)/t21-/m0/s1. The maximum absolute atomic E-state index is 13.3. The quantitative estimate of drug-likeness (QED) is 0.187. The van der Waals surface area contributed by atoms with Crippen molar-refractivity contribution in [1.82, 2.24) is 33.4 Å². The van der Waals surface area contributed by atoms with Crippen LogP contribution in [0.25, 0.3) is 17.1 Å². The smallest absolute Gasteiger partial charge is 0.382 e. The van der Waals surface area contributed by atoms with E-state index in [4.69, 9.17) is 23.2 Å². The molecule has 18 heteroatoms. The minimum Gasteiger partial charge on any atom is -0.382 e. The molecule has 0 saturated carbocycles. The summed E-state index contributed by atoms with van der Waals surface area (Å²) in [6, 6.07) is 12.8. The van der Waals surface area contributed by atoms with Crippen molar-refractivity contribution in [3.63, 3.8) is 0 Å². The Kier molecular flexibility index (Phi) is 9.60. The van der Waals surface area contributed by atoms with Gasteiger partial charge in [0.15, 0.2) is 17.8 Å². The molecule has 12 nitrogen and oxygen atoms in total. The molecular weight excluding hydrogens is 648 g/mol. The summed E-state index contributed by atoms with van der Waals surface area (Å²) < 4.78 is 65.1. The van der Waals surface area contributed by atoms with Crippen molar-refractivity contribution in [1.29, 1.82) is 0 Å². The highest BCUT2D eigenvalue weighted by atomic mass is 35.5. The Bertz CT molecular complexity index is 1660. The van der Waals surface area contributed by atoms with Crippen molar-refractivity contribution >= 4 is 39.9 Å². The van der Waals surface area contributed by atoms with Crippen LogP contribution in [0.5, 0.6) is 0 Å². The highest BCUT2D eigenvalue weighted by Gasteiger charge is 2.39. The molecule has 4 aromatic rings. The number of halogens is 5. The van der Waals surface area contributed by atoms with Gasteiger partial charge in [0.05, 0.1) is 23.0 Å². The third kappa shape index (κ3) is 7.22. The molecule has 1 fully saturated rings. The Morgan fingerprint density at radius 3 is 2.45 bits per heavy atom. The molecule has 1 aliphatic rings. The zero-order valence-corrected chi connectivity index (χ0v) is 25.4. The fourth-order valence-corrected chi connectivity index (χ4v) is 6.67. The summed E-state index contributed by atoms with van der Waals surface area (Å²) in [5.74, 6) is 0.520. The van der Waals surface area contributed by atoms with Crippen molar-refractivity contribution in [2.75, 3.05) is 30.7 Å². The number of aliphatic hydroxyl groups excluding tert-OH is 1. The average molecular weight is 678 g/mol. The topological polar surface area (TPSA) is 146 Å². The maximum atomic E-state index is 13.3.